The second-order valence-corrected chi connectivity index (χ2v) is 6.18. The highest BCUT2D eigenvalue weighted by molar-refractivity contribution is 5.94. The molecule has 1 heterocycles. The van der Waals surface area contributed by atoms with Crippen LogP contribution in [0.5, 0.6) is 0 Å². The first-order valence-corrected chi connectivity index (χ1v) is 8.30. The van der Waals surface area contributed by atoms with E-state index in [9.17, 15) is 18.0 Å². The molecule has 138 valence electrons. The number of halogens is 3. The van der Waals surface area contributed by atoms with Gasteiger partial charge in [0, 0.05) is 18.3 Å². The van der Waals surface area contributed by atoms with Gasteiger partial charge in [0.05, 0.1) is 16.8 Å². The summed E-state index contributed by atoms with van der Waals surface area (Å²) < 4.78 is 37.7. The first-order chi connectivity index (χ1) is 12.8. The van der Waals surface area contributed by atoms with Gasteiger partial charge in [-0.2, -0.15) is 13.2 Å². The average molecular weight is 370 g/mol. The standard InChI is InChI=1S/C21H17F3N2O/c1-14-3-2-4-16(11-14)19-10-7-17(13-25-19)20(27)26-12-15-5-8-18(9-6-15)21(22,23)24/h2-11,13H,12H2,1H3,(H,26,27). The van der Waals surface area contributed by atoms with Gasteiger partial charge in [-0.05, 0) is 42.8 Å². The van der Waals surface area contributed by atoms with Gasteiger partial charge < -0.3 is 5.32 Å². The highest BCUT2D eigenvalue weighted by Crippen LogP contribution is 2.29. The summed E-state index contributed by atoms with van der Waals surface area (Å²) in [5, 5.41) is 2.68. The molecule has 0 saturated carbocycles. The van der Waals surface area contributed by atoms with E-state index in [2.05, 4.69) is 10.3 Å². The lowest BCUT2D eigenvalue weighted by atomic mass is 10.1. The molecule has 0 spiro atoms. The summed E-state index contributed by atoms with van der Waals surface area (Å²) in [7, 11) is 0. The molecule has 0 aliphatic rings. The summed E-state index contributed by atoms with van der Waals surface area (Å²) in [5.74, 6) is -0.335. The molecule has 3 rings (SSSR count). The number of carbonyl (C=O) groups is 1. The number of hydrogen-bond acceptors (Lipinski definition) is 2. The maximum Gasteiger partial charge on any atom is 0.416 e. The van der Waals surface area contributed by atoms with Gasteiger partial charge in [0.15, 0.2) is 0 Å². The third kappa shape index (κ3) is 4.73. The van der Waals surface area contributed by atoms with Gasteiger partial charge in [0.1, 0.15) is 0 Å². The molecular weight excluding hydrogens is 353 g/mol. The average Bonchev–Trinajstić information content (AvgIpc) is 2.66. The third-order valence-electron chi connectivity index (χ3n) is 4.07. The minimum absolute atomic E-state index is 0.136. The fraction of sp³-hybridized carbons (Fsp3) is 0.143. The fourth-order valence-electron chi connectivity index (χ4n) is 2.60. The molecule has 6 heteroatoms. The summed E-state index contributed by atoms with van der Waals surface area (Å²) in [6, 6.07) is 16.0. The summed E-state index contributed by atoms with van der Waals surface area (Å²) in [6.45, 7) is 2.13. The maximum atomic E-state index is 12.6. The predicted octanol–water partition coefficient (Wildman–Crippen LogP) is 5.01. The lowest BCUT2D eigenvalue weighted by Gasteiger charge is -2.09. The number of pyridine rings is 1. The molecule has 0 aliphatic carbocycles. The van der Waals surface area contributed by atoms with E-state index in [1.807, 2.05) is 31.2 Å². The fourth-order valence-corrected chi connectivity index (χ4v) is 2.60. The minimum Gasteiger partial charge on any atom is -0.348 e. The van der Waals surface area contributed by atoms with E-state index in [1.165, 1.54) is 18.3 Å². The second-order valence-electron chi connectivity index (χ2n) is 6.18. The molecule has 27 heavy (non-hydrogen) atoms. The Morgan fingerprint density at radius 2 is 1.78 bits per heavy atom. The Morgan fingerprint density at radius 3 is 2.37 bits per heavy atom. The van der Waals surface area contributed by atoms with Crippen LogP contribution in [0.2, 0.25) is 0 Å². The molecule has 2 aromatic carbocycles. The van der Waals surface area contributed by atoms with Crippen molar-refractivity contribution in [2.45, 2.75) is 19.6 Å². The van der Waals surface area contributed by atoms with Crippen LogP contribution in [0.3, 0.4) is 0 Å². The van der Waals surface area contributed by atoms with Gasteiger partial charge >= 0.3 is 6.18 Å². The predicted molar refractivity (Wildman–Crippen MR) is 97.0 cm³/mol. The number of carbonyl (C=O) groups excluding carboxylic acids is 1. The van der Waals surface area contributed by atoms with E-state index in [1.54, 1.807) is 12.1 Å². The Morgan fingerprint density at radius 1 is 1.04 bits per heavy atom. The Hall–Kier alpha value is -3.15. The van der Waals surface area contributed by atoms with Gasteiger partial charge in [-0.3, -0.25) is 9.78 Å². The van der Waals surface area contributed by atoms with Crippen LogP contribution in [0, 0.1) is 6.92 Å². The zero-order valence-electron chi connectivity index (χ0n) is 14.5. The molecule has 1 amide bonds. The van der Waals surface area contributed by atoms with Gasteiger partial charge in [-0.1, -0.05) is 35.9 Å². The number of hydrogen-bond donors (Lipinski definition) is 1. The van der Waals surface area contributed by atoms with Gasteiger partial charge in [-0.25, -0.2) is 0 Å². The van der Waals surface area contributed by atoms with Gasteiger partial charge in [-0.15, -0.1) is 0 Å². The van der Waals surface area contributed by atoms with Crippen LogP contribution in [-0.2, 0) is 12.7 Å². The molecule has 0 saturated heterocycles. The lowest BCUT2D eigenvalue weighted by molar-refractivity contribution is -0.137. The molecule has 3 nitrogen and oxygen atoms in total. The van der Waals surface area contributed by atoms with E-state index in [-0.39, 0.29) is 12.5 Å². The highest BCUT2D eigenvalue weighted by Gasteiger charge is 2.29. The van der Waals surface area contributed by atoms with Crippen LogP contribution in [0.1, 0.15) is 27.0 Å². The quantitative estimate of drug-likeness (QED) is 0.702. The lowest BCUT2D eigenvalue weighted by Crippen LogP contribution is -2.23. The van der Waals surface area contributed by atoms with Crippen LogP contribution in [0.4, 0.5) is 13.2 Å². The molecule has 1 aromatic heterocycles. The third-order valence-corrected chi connectivity index (χ3v) is 4.07. The van der Waals surface area contributed by atoms with Crippen molar-refractivity contribution < 1.29 is 18.0 Å². The largest absolute Gasteiger partial charge is 0.416 e. The monoisotopic (exact) mass is 370 g/mol. The first kappa shape index (κ1) is 18.6. The molecule has 0 radical (unpaired) electrons. The number of aryl methyl sites for hydroxylation is 1. The summed E-state index contributed by atoms with van der Waals surface area (Å²) >= 11 is 0. The topological polar surface area (TPSA) is 42.0 Å². The molecule has 0 fully saturated rings. The highest BCUT2D eigenvalue weighted by atomic mass is 19.4. The smallest absolute Gasteiger partial charge is 0.348 e. The minimum atomic E-state index is -4.37. The molecule has 0 atom stereocenters. The summed E-state index contributed by atoms with van der Waals surface area (Å²) in [6.07, 6.45) is -2.88. The number of rotatable bonds is 4. The first-order valence-electron chi connectivity index (χ1n) is 8.30. The normalized spacial score (nSPS) is 11.3. The Bertz CT molecular complexity index is 933. The summed E-state index contributed by atoms with van der Waals surface area (Å²) in [4.78, 5) is 16.5. The molecule has 3 aromatic rings. The number of alkyl halides is 3. The van der Waals surface area contributed by atoms with E-state index in [0.717, 1.165) is 29.0 Å². The van der Waals surface area contributed by atoms with Crippen LogP contribution < -0.4 is 5.32 Å². The van der Waals surface area contributed by atoms with Gasteiger partial charge in [0.2, 0.25) is 0 Å². The van der Waals surface area contributed by atoms with Crippen LogP contribution in [-0.4, -0.2) is 10.9 Å². The van der Waals surface area contributed by atoms with Crippen LogP contribution >= 0.6 is 0 Å². The van der Waals surface area contributed by atoms with Crippen molar-refractivity contribution >= 4 is 5.91 Å². The SMILES string of the molecule is Cc1cccc(-c2ccc(C(=O)NCc3ccc(C(F)(F)F)cc3)cn2)c1. The maximum absolute atomic E-state index is 12.6. The van der Waals surface area contributed by atoms with Crippen molar-refractivity contribution in [3.8, 4) is 11.3 Å². The van der Waals surface area contributed by atoms with Crippen molar-refractivity contribution in [3.63, 3.8) is 0 Å². The van der Waals surface area contributed by atoms with Crippen molar-refractivity contribution in [1.29, 1.82) is 0 Å². The Labute approximate surface area is 154 Å². The van der Waals surface area contributed by atoms with Gasteiger partial charge in [0.25, 0.3) is 5.91 Å². The van der Waals surface area contributed by atoms with Crippen molar-refractivity contribution in [2.75, 3.05) is 0 Å². The number of benzene rings is 2. The van der Waals surface area contributed by atoms with Crippen LogP contribution in [0.15, 0.2) is 66.9 Å². The van der Waals surface area contributed by atoms with Crippen molar-refractivity contribution in [2.24, 2.45) is 0 Å². The van der Waals surface area contributed by atoms with E-state index >= 15 is 0 Å². The number of nitrogens with one attached hydrogen (secondary N) is 1. The van der Waals surface area contributed by atoms with Crippen LogP contribution in [0.25, 0.3) is 11.3 Å². The van der Waals surface area contributed by atoms with E-state index < -0.39 is 11.7 Å². The molecule has 0 aliphatic heterocycles. The Kier molecular flexibility index (Phi) is 5.26. The Balaban J connectivity index is 1.63. The van der Waals surface area contributed by atoms with E-state index in [4.69, 9.17) is 0 Å². The van der Waals surface area contributed by atoms with Crippen molar-refractivity contribution in [1.82, 2.24) is 10.3 Å². The zero-order chi connectivity index (χ0) is 19.4. The zero-order valence-corrected chi connectivity index (χ0v) is 14.5. The second kappa shape index (κ2) is 7.61. The number of amides is 1. The number of nitrogens with zero attached hydrogens (tertiary/aromatic N) is 1. The summed E-state index contributed by atoms with van der Waals surface area (Å²) in [5.41, 5.74) is 3.10. The van der Waals surface area contributed by atoms with E-state index in [0.29, 0.717) is 11.1 Å². The van der Waals surface area contributed by atoms with Crippen molar-refractivity contribution in [3.05, 3.63) is 89.1 Å². The molecular formula is C21H17F3N2O. The number of aromatic nitrogens is 1. The molecule has 0 unspecified atom stereocenters. The molecule has 1 N–H and O–H groups in total. The molecule has 0 bridgehead atoms.